The first-order chi connectivity index (χ1) is 8.07. The molecule has 2 N–H and O–H groups in total. The number of rotatable bonds is 6. The highest BCUT2D eigenvalue weighted by Gasteiger charge is 2.09. The van der Waals surface area contributed by atoms with Gasteiger partial charge < -0.3 is 5.32 Å². The fourth-order valence-corrected chi connectivity index (χ4v) is 2.29. The highest BCUT2D eigenvalue weighted by molar-refractivity contribution is 7.92. The van der Waals surface area contributed by atoms with E-state index in [1.54, 1.807) is 24.3 Å². The van der Waals surface area contributed by atoms with Crippen LogP contribution in [0.25, 0.3) is 0 Å². The summed E-state index contributed by atoms with van der Waals surface area (Å²) in [6, 6.07) is 6.77. The maximum Gasteiger partial charge on any atom is 0.233 e. The van der Waals surface area contributed by atoms with Crippen molar-refractivity contribution in [2.75, 3.05) is 23.6 Å². The smallest absolute Gasteiger partial charge is 0.233 e. The second-order valence-electron chi connectivity index (χ2n) is 3.50. The second-order valence-corrected chi connectivity index (χ2v) is 5.34. The first kappa shape index (κ1) is 13.6. The fourth-order valence-electron chi connectivity index (χ4n) is 1.29. The molecule has 0 atom stereocenters. The Morgan fingerprint density at radius 3 is 2.82 bits per heavy atom. The Bertz CT molecular complexity index is 503. The zero-order valence-electron chi connectivity index (χ0n) is 9.73. The van der Waals surface area contributed by atoms with Crippen molar-refractivity contribution in [1.82, 2.24) is 5.32 Å². The van der Waals surface area contributed by atoms with Crippen molar-refractivity contribution in [3.05, 3.63) is 29.8 Å². The third kappa shape index (κ3) is 4.89. The summed E-state index contributed by atoms with van der Waals surface area (Å²) in [5.74, 6) is 2.50. The molecule has 0 saturated carbocycles. The number of nitrogens with one attached hydrogen (secondary N) is 2. The zero-order valence-corrected chi connectivity index (χ0v) is 10.5. The van der Waals surface area contributed by atoms with Crippen LogP contribution in [0.15, 0.2) is 24.3 Å². The van der Waals surface area contributed by atoms with Crippen molar-refractivity contribution in [2.45, 2.75) is 6.92 Å². The van der Waals surface area contributed by atoms with Crippen LogP contribution in [0.1, 0.15) is 12.5 Å². The summed E-state index contributed by atoms with van der Waals surface area (Å²) in [6.07, 6.45) is 5.24. The summed E-state index contributed by atoms with van der Waals surface area (Å²) in [5, 5.41) is 2.96. The molecule has 0 saturated heterocycles. The summed E-state index contributed by atoms with van der Waals surface area (Å²) in [6.45, 7) is 3.11. The van der Waals surface area contributed by atoms with Crippen molar-refractivity contribution in [3.63, 3.8) is 0 Å². The minimum atomic E-state index is -3.31. The number of benzene rings is 1. The molecule has 5 heteroatoms. The maximum absolute atomic E-state index is 11.7. The van der Waals surface area contributed by atoms with Crippen LogP contribution in [0.4, 0.5) is 5.69 Å². The monoisotopic (exact) mass is 252 g/mol. The predicted octanol–water partition coefficient (Wildman–Crippen LogP) is 1.02. The fraction of sp³-hybridized carbons (Fsp3) is 0.333. The van der Waals surface area contributed by atoms with Gasteiger partial charge in [0.1, 0.15) is 0 Å². The van der Waals surface area contributed by atoms with Crippen molar-refractivity contribution in [1.29, 1.82) is 0 Å². The van der Waals surface area contributed by atoms with Gasteiger partial charge >= 0.3 is 0 Å². The van der Waals surface area contributed by atoms with E-state index >= 15 is 0 Å². The largest absolute Gasteiger partial charge is 0.316 e. The number of hydrogen-bond acceptors (Lipinski definition) is 3. The van der Waals surface area contributed by atoms with E-state index in [0.717, 1.165) is 6.54 Å². The molecule has 0 radical (unpaired) electrons. The molecule has 0 aliphatic rings. The standard InChI is InChI=1S/C12H16N2O2S/c1-3-11-6-5-7-12(10-11)14-17(15,16)9-8-13-4-2/h1,5-7,10,13-14H,4,8-9H2,2H3. The van der Waals surface area contributed by atoms with Gasteiger partial charge in [0, 0.05) is 17.8 Å². The first-order valence-electron chi connectivity index (χ1n) is 5.35. The molecule has 0 aliphatic carbocycles. The van der Waals surface area contributed by atoms with Crippen LogP contribution in [-0.2, 0) is 10.0 Å². The van der Waals surface area contributed by atoms with Crippen LogP contribution >= 0.6 is 0 Å². The molecule has 0 bridgehead atoms. The van der Waals surface area contributed by atoms with E-state index in [-0.39, 0.29) is 5.75 Å². The van der Waals surface area contributed by atoms with Crippen LogP contribution < -0.4 is 10.0 Å². The summed E-state index contributed by atoms with van der Waals surface area (Å²) in [7, 11) is -3.31. The molecule has 4 nitrogen and oxygen atoms in total. The van der Waals surface area contributed by atoms with E-state index in [1.807, 2.05) is 6.92 Å². The first-order valence-corrected chi connectivity index (χ1v) is 7.00. The molecule has 0 aliphatic heterocycles. The number of anilines is 1. The lowest BCUT2D eigenvalue weighted by Crippen LogP contribution is -2.26. The maximum atomic E-state index is 11.7. The van der Waals surface area contributed by atoms with Gasteiger partial charge in [-0.25, -0.2) is 8.42 Å². The summed E-state index contributed by atoms with van der Waals surface area (Å²) >= 11 is 0. The Labute approximate surface area is 102 Å². The molecule has 0 amide bonds. The van der Waals surface area contributed by atoms with Crippen molar-refractivity contribution in [2.24, 2.45) is 0 Å². The minimum Gasteiger partial charge on any atom is -0.316 e. The van der Waals surface area contributed by atoms with E-state index in [9.17, 15) is 8.42 Å². The van der Waals surface area contributed by atoms with Crippen LogP contribution in [0.3, 0.4) is 0 Å². The van der Waals surface area contributed by atoms with Gasteiger partial charge in [0.25, 0.3) is 0 Å². The molecule has 17 heavy (non-hydrogen) atoms. The van der Waals surface area contributed by atoms with E-state index < -0.39 is 10.0 Å². The molecular weight excluding hydrogens is 236 g/mol. The SMILES string of the molecule is C#Cc1cccc(NS(=O)(=O)CCNCC)c1. The zero-order chi connectivity index (χ0) is 12.7. The van der Waals surface area contributed by atoms with Crippen molar-refractivity contribution < 1.29 is 8.42 Å². The molecule has 1 aromatic rings. The molecule has 0 aromatic heterocycles. The van der Waals surface area contributed by atoms with E-state index in [0.29, 0.717) is 17.8 Å². The minimum absolute atomic E-state index is 0.0428. The van der Waals surface area contributed by atoms with E-state index in [1.165, 1.54) is 0 Å². The third-order valence-corrected chi connectivity index (χ3v) is 3.39. The Morgan fingerprint density at radius 2 is 2.18 bits per heavy atom. The average molecular weight is 252 g/mol. The summed E-state index contributed by atoms with van der Waals surface area (Å²) in [5.41, 5.74) is 1.15. The number of hydrogen-bond donors (Lipinski definition) is 2. The predicted molar refractivity (Wildman–Crippen MR) is 70.3 cm³/mol. The van der Waals surface area contributed by atoms with Gasteiger partial charge in [-0.3, -0.25) is 4.72 Å². The second kappa shape index (κ2) is 6.28. The lowest BCUT2D eigenvalue weighted by Gasteiger charge is -2.08. The molecule has 1 aromatic carbocycles. The number of sulfonamides is 1. The van der Waals surface area contributed by atoms with E-state index in [4.69, 9.17) is 6.42 Å². The molecule has 1 rings (SSSR count). The lowest BCUT2D eigenvalue weighted by molar-refractivity contribution is 0.597. The van der Waals surface area contributed by atoms with Gasteiger partial charge in [-0.1, -0.05) is 18.9 Å². The Hall–Kier alpha value is -1.51. The van der Waals surface area contributed by atoms with Gasteiger partial charge in [0.15, 0.2) is 0 Å². The van der Waals surface area contributed by atoms with Gasteiger partial charge in [0.2, 0.25) is 10.0 Å². The van der Waals surface area contributed by atoms with Gasteiger partial charge in [-0.2, -0.15) is 0 Å². The van der Waals surface area contributed by atoms with Crippen molar-refractivity contribution in [3.8, 4) is 12.3 Å². The Kier molecular flexibility index (Phi) is 5.01. The van der Waals surface area contributed by atoms with Crippen LogP contribution in [0, 0.1) is 12.3 Å². The highest BCUT2D eigenvalue weighted by atomic mass is 32.2. The topological polar surface area (TPSA) is 58.2 Å². The average Bonchev–Trinajstić information content (AvgIpc) is 2.29. The normalized spacial score (nSPS) is 10.8. The van der Waals surface area contributed by atoms with Crippen molar-refractivity contribution >= 4 is 15.7 Å². The van der Waals surface area contributed by atoms with E-state index in [2.05, 4.69) is 16.0 Å². The Balaban J connectivity index is 2.66. The van der Waals surface area contributed by atoms with Crippen LogP contribution in [0.2, 0.25) is 0 Å². The Morgan fingerprint density at radius 1 is 1.41 bits per heavy atom. The summed E-state index contributed by atoms with van der Waals surface area (Å²) in [4.78, 5) is 0. The molecule has 0 spiro atoms. The molecule has 92 valence electrons. The lowest BCUT2D eigenvalue weighted by atomic mass is 10.2. The molecule has 0 heterocycles. The van der Waals surface area contributed by atoms with Gasteiger partial charge in [-0.05, 0) is 24.7 Å². The van der Waals surface area contributed by atoms with Gasteiger partial charge in [0.05, 0.1) is 5.75 Å². The van der Waals surface area contributed by atoms with Crippen LogP contribution in [0.5, 0.6) is 0 Å². The summed E-state index contributed by atoms with van der Waals surface area (Å²) < 4.78 is 25.8. The third-order valence-electron chi connectivity index (χ3n) is 2.10. The molecule has 0 unspecified atom stereocenters. The highest BCUT2D eigenvalue weighted by Crippen LogP contribution is 2.11. The van der Waals surface area contributed by atoms with Gasteiger partial charge in [-0.15, -0.1) is 6.42 Å². The molecular formula is C12H16N2O2S. The molecule has 0 fully saturated rings. The van der Waals surface area contributed by atoms with Crippen LogP contribution in [-0.4, -0.2) is 27.3 Å². The quantitative estimate of drug-likeness (QED) is 0.587. The number of terminal acetylenes is 1.